The zero-order chi connectivity index (χ0) is 10.8. The lowest BCUT2D eigenvalue weighted by molar-refractivity contribution is -0.148. The van der Waals surface area contributed by atoms with Crippen molar-refractivity contribution in [3.05, 3.63) is 17.5 Å². The van der Waals surface area contributed by atoms with Crippen molar-refractivity contribution in [3.63, 3.8) is 0 Å². The number of carbonyl (C=O) groups excluding carboxylic acids is 1. The van der Waals surface area contributed by atoms with Gasteiger partial charge in [-0.25, -0.2) is 0 Å². The van der Waals surface area contributed by atoms with Crippen LogP contribution in [0.2, 0.25) is 0 Å². The molecule has 0 fully saturated rings. The number of hydrogen-bond acceptors (Lipinski definition) is 3. The smallest absolute Gasteiger partial charge is 0.309 e. The highest BCUT2D eigenvalue weighted by Crippen LogP contribution is 2.25. The molecule has 0 aromatic carbocycles. The van der Waals surface area contributed by atoms with Crippen LogP contribution in [0.5, 0.6) is 0 Å². The highest BCUT2D eigenvalue weighted by molar-refractivity contribution is 5.73. The Balaban J connectivity index is 2.09. The molecular formula is C11H16N2O2. The lowest BCUT2D eigenvalue weighted by atomic mass is 9.88. The van der Waals surface area contributed by atoms with E-state index in [0.29, 0.717) is 6.61 Å². The van der Waals surface area contributed by atoms with Crippen LogP contribution in [-0.4, -0.2) is 22.4 Å². The molecule has 2 rings (SSSR count). The summed E-state index contributed by atoms with van der Waals surface area (Å²) in [5.41, 5.74) is 2.46. The van der Waals surface area contributed by atoms with E-state index in [1.54, 1.807) is 0 Å². The molecule has 4 heteroatoms. The first-order valence-electron chi connectivity index (χ1n) is 5.38. The van der Waals surface area contributed by atoms with Crippen molar-refractivity contribution in [2.75, 3.05) is 6.61 Å². The molecule has 1 aromatic heterocycles. The predicted molar refractivity (Wildman–Crippen MR) is 55.4 cm³/mol. The molecule has 15 heavy (non-hydrogen) atoms. The van der Waals surface area contributed by atoms with Crippen LogP contribution >= 0.6 is 0 Å². The maximum atomic E-state index is 11.6. The fourth-order valence-corrected chi connectivity index (χ4v) is 2.14. The quantitative estimate of drug-likeness (QED) is 0.683. The topological polar surface area (TPSA) is 44.1 Å². The van der Waals surface area contributed by atoms with Crippen LogP contribution in [-0.2, 0) is 29.4 Å². The van der Waals surface area contributed by atoms with Crippen LogP contribution in [0.25, 0.3) is 0 Å². The van der Waals surface area contributed by atoms with Gasteiger partial charge in [-0.1, -0.05) is 0 Å². The molecule has 1 aliphatic rings. The van der Waals surface area contributed by atoms with Gasteiger partial charge in [0.15, 0.2) is 0 Å². The molecule has 0 N–H and O–H groups in total. The lowest BCUT2D eigenvalue weighted by Gasteiger charge is -2.20. The number of ether oxygens (including phenoxy) is 1. The van der Waals surface area contributed by atoms with Crippen molar-refractivity contribution in [1.29, 1.82) is 0 Å². The summed E-state index contributed by atoms with van der Waals surface area (Å²) in [6.07, 6.45) is 4.45. The third-order valence-corrected chi connectivity index (χ3v) is 2.96. The number of esters is 1. The van der Waals surface area contributed by atoms with Gasteiger partial charge in [-0.05, 0) is 31.7 Å². The van der Waals surface area contributed by atoms with Gasteiger partial charge in [-0.15, -0.1) is 0 Å². The minimum absolute atomic E-state index is 0.0293. The number of carbonyl (C=O) groups is 1. The Bertz CT molecular complexity index is 371. The van der Waals surface area contributed by atoms with Gasteiger partial charge in [0.25, 0.3) is 0 Å². The Morgan fingerprint density at radius 2 is 2.53 bits per heavy atom. The van der Waals surface area contributed by atoms with E-state index in [1.807, 2.05) is 24.9 Å². The van der Waals surface area contributed by atoms with Crippen molar-refractivity contribution < 1.29 is 9.53 Å². The number of nitrogens with zero attached hydrogens (tertiary/aromatic N) is 2. The molecule has 1 aromatic rings. The maximum Gasteiger partial charge on any atom is 0.309 e. The summed E-state index contributed by atoms with van der Waals surface area (Å²) >= 11 is 0. The third-order valence-electron chi connectivity index (χ3n) is 2.96. The number of hydrogen-bond donors (Lipinski definition) is 0. The molecule has 82 valence electrons. The first-order valence-corrected chi connectivity index (χ1v) is 5.38. The number of rotatable bonds is 2. The van der Waals surface area contributed by atoms with Crippen LogP contribution in [0.4, 0.5) is 0 Å². The predicted octanol–water partition coefficient (Wildman–Crippen LogP) is 1.09. The number of aryl methyl sites for hydroxylation is 1. The SMILES string of the molecule is CCOC(=O)C1CCc2c(cnn2C)C1. The minimum atomic E-state index is -0.0630. The van der Waals surface area contributed by atoms with Crippen molar-refractivity contribution in [1.82, 2.24) is 9.78 Å². The molecule has 1 atom stereocenters. The van der Waals surface area contributed by atoms with E-state index < -0.39 is 0 Å². The fourth-order valence-electron chi connectivity index (χ4n) is 2.14. The standard InChI is InChI=1S/C11H16N2O2/c1-3-15-11(14)8-4-5-10-9(6-8)7-12-13(10)2/h7-8H,3-6H2,1-2H3. The van der Waals surface area contributed by atoms with Gasteiger partial charge in [0.05, 0.1) is 18.7 Å². The molecule has 0 radical (unpaired) electrons. The highest BCUT2D eigenvalue weighted by atomic mass is 16.5. The van der Waals surface area contributed by atoms with Crippen molar-refractivity contribution in [2.45, 2.75) is 26.2 Å². The van der Waals surface area contributed by atoms with E-state index in [9.17, 15) is 4.79 Å². The molecule has 0 saturated carbocycles. The van der Waals surface area contributed by atoms with Gasteiger partial charge in [-0.2, -0.15) is 5.10 Å². The van der Waals surface area contributed by atoms with Gasteiger partial charge in [0, 0.05) is 12.7 Å². The summed E-state index contributed by atoms with van der Waals surface area (Å²) in [4.78, 5) is 11.6. The average molecular weight is 208 g/mol. The first-order chi connectivity index (χ1) is 7.22. The summed E-state index contributed by atoms with van der Waals surface area (Å²) in [6, 6.07) is 0. The van der Waals surface area contributed by atoms with Crippen molar-refractivity contribution in [3.8, 4) is 0 Å². The maximum absolute atomic E-state index is 11.6. The van der Waals surface area contributed by atoms with Gasteiger partial charge >= 0.3 is 5.97 Å². The molecule has 0 amide bonds. The van der Waals surface area contributed by atoms with E-state index in [2.05, 4.69) is 5.10 Å². The zero-order valence-electron chi connectivity index (χ0n) is 9.19. The Labute approximate surface area is 89.2 Å². The molecule has 0 spiro atoms. The Hall–Kier alpha value is -1.32. The van der Waals surface area contributed by atoms with Crippen LogP contribution in [0.3, 0.4) is 0 Å². The van der Waals surface area contributed by atoms with Gasteiger partial charge < -0.3 is 4.74 Å². The van der Waals surface area contributed by atoms with Crippen LogP contribution < -0.4 is 0 Å². The van der Waals surface area contributed by atoms with E-state index >= 15 is 0 Å². The molecule has 1 aliphatic carbocycles. The molecule has 4 nitrogen and oxygen atoms in total. The molecular weight excluding hydrogens is 192 g/mol. The Morgan fingerprint density at radius 1 is 1.73 bits per heavy atom. The van der Waals surface area contributed by atoms with Gasteiger partial charge in [-0.3, -0.25) is 9.48 Å². The van der Waals surface area contributed by atoms with E-state index in [1.165, 1.54) is 11.3 Å². The van der Waals surface area contributed by atoms with Gasteiger partial charge in [0.1, 0.15) is 0 Å². The third kappa shape index (κ3) is 1.89. The zero-order valence-corrected chi connectivity index (χ0v) is 9.19. The van der Waals surface area contributed by atoms with E-state index in [4.69, 9.17) is 4.74 Å². The number of aromatic nitrogens is 2. The highest BCUT2D eigenvalue weighted by Gasteiger charge is 2.27. The molecule has 0 saturated heterocycles. The largest absolute Gasteiger partial charge is 0.466 e. The monoisotopic (exact) mass is 208 g/mol. The summed E-state index contributed by atoms with van der Waals surface area (Å²) < 4.78 is 6.94. The lowest BCUT2D eigenvalue weighted by Crippen LogP contribution is -2.24. The molecule has 0 bridgehead atoms. The second-order valence-corrected chi connectivity index (χ2v) is 3.93. The second kappa shape index (κ2) is 4.04. The van der Waals surface area contributed by atoms with Crippen LogP contribution in [0, 0.1) is 5.92 Å². The average Bonchev–Trinajstić information content (AvgIpc) is 2.60. The van der Waals surface area contributed by atoms with Gasteiger partial charge in [0.2, 0.25) is 0 Å². The van der Waals surface area contributed by atoms with Crippen LogP contribution in [0.15, 0.2) is 6.20 Å². The second-order valence-electron chi connectivity index (χ2n) is 3.93. The summed E-state index contributed by atoms with van der Waals surface area (Å²) in [6.45, 7) is 2.31. The van der Waals surface area contributed by atoms with Crippen molar-refractivity contribution in [2.24, 2.45) is 13.0 Å². The Kier molecular flexibility index (Phi) is 2.75. The minimum Gasteiger partial charge on any atom is -0.466 e. The Morgan fingerprint density at radius 3 is 3.27 bits per heavy atom. The summed E-state index contributed by atoms with van der Waals surface area (Å²) in [7, 11) is 1.95. The molecule has 1 unspecified atom stereocenters. The van der Waals surface area contributed by atoms with Crippen molar-refractivity contribution >= 4 is 5.97 Å². The molecule has 0 aliphatic heterocycles. The fraction of sp³-hybridized carbons (Fsp3) is 0.636. The first kappa shape index (κ1) is 10.2. The normalized spacial score (nSPS) is 19.7. The van der Waals surface area contributed by atoms with Crippen LogP contribution in [0.1, 0.15) is 24.6 Å². The van der Waals surface area contributed by atoms with E-state index in [0.717, 1.165) is 19.3 Å². The summed E-state index contributed by atoms with van der Waals surface area (Å²) in [5, 5.41) is 4.20. The summed E-state index contributed by atoms with van der Waals surface area (Å²) in [5.74, 6) is -0.0337. The number of fused-ring (bicyclic) bond motifs is 1. The van der Waals surface area contributed by atoms with E-state index in [-0.39, 0.29) is 11.9 Å². The molecule has 1 heterocycles.